The zero-order valence-electron chi connectivity index (χ0n) is 19.5. The minimum absolute atomic E-state index is 0.0199. The Kier molecular flexibility index (Phi) is 7.47. The first-order valence-corrected chi connectivity index (χ1v) is 10.7. The Hall–Kier alpha value is -3.82. The van der Waals surface area contributed by atoms with Crippen LogP contribution in [-0.2, 0) is 22.6 Å². The van der Waals surface area contributed by atoms with Crippen molar-refractivity contribution < 1.29 is 35.9 Å². The molecular formula is C26H22F6N2O2. The van der Waals surface area contributed by atoms with Crippen LogP contribution < -0.4 is 10.1 Å². The number of anilines is 1. The normalized spacial score (nSPS) is 12.6. The van der Waals surface area contributed by atoms with E-state index in [0.717, 1.165) is 17.7 Å². The van der Waals surface area contributed by atoms with Crippen molar-refractivity contribution in [1.82, 2.24) is 4.98 Å². The number of ether oxygens (including phenoxy) is 1. The van der Waals surface area contributed by atoms with Crippen LogP contribution >= 0.6 is 0 Å². The molecule has 1 heterocycles. The molecule has 1 N–H and O–H groups in total. The van der Waals surface area contributed by atoms with E-state index in [1.165, 1.54) is 18.3 Å². The van der Waals surface area contributed by atoms with Gasteiger partial charge in [-0.1, -0.05) is 39.0 Å². The molecule has 0 aliphatic heterocycles. The van der Waals surface area contributed by atoms with Gasteiger partial charge in [0.25, 0.3) is 0 Å². The quantitative estimate of drug-likeness (QED) is 0.282. The summed E-state index contributed by atoms with van der Waals surface area (Å²) in [4.78, 5) is 16.6. The maximum absolute atomic E-state index is 13.1. The predicted molar refractivity (Wildman–Crippen MR) is 124 cm³/mol. The van der Waals surface area contributed by atoms with Crippen LogP contribution in [0.1, 0.15) is 43.0 Å². The van der Waals surface area contributed by atoms with Crippen molar-refractivity contribution in [3.8, 4) is 11.6 Å². The van der Waals surface area contributed by atoms with Gasteiger partial charge in [-0.15, -0.1) is 0 Å². The monoisotopic (exact) mass is 508 g/mol. The van der Waals surface area contributed by atoms with Crippen molar-refractivity contribution in [3.05, 3.63) is 89.1 Å². The Labute approximate surface area is 203 Å². The van der Waals surface area contributed by atoms with Gasteiger partial charge in [0.1, 0.15) is 11.4 Å². The molecule has 1 aromatic heterocycles. The highest BCUT2D eigenvalue weighted by atomic mass is 19.4. The molecule has 0 aliphatic rings. The number of amides is 1. The maximum atomic E-state index is 13.1. The smallest absolute Gasteiger partial charge is 0.416 e. The second-order valence-electron chi connectivity index (χ2n) is 8.87. The minimum atomic E-state index is -4.99. The summed E-state index contributed by atoms with van der Waals surface area (Å²) in [5.41, 5.74) is -2.59. The summed E-state index contributed by atoms with van der Waals surface area (Å²) in [6, 6.07) is 11.4. The molecule has 36 heavy (non-hydrogen) atoms. The van der Waals surface area contributed by atoms with Gasteiger partial charge in [-0.25, -0.2) is 4.98 Å². The van der Waals surface area contributed by atoms with Gasteiger partial charge >= 0.3 is 12.4 Å². The lowest BCUT2D eigenvalue weighted by Crippen LogP contribution is -2.13. The first-order chi connectivity index (χ1) is 16.6. The van der Waals surface area contributed by atoms with E-state index in [0.29, 0.717) is 17.9 Å². The molecular weight excluding hydrogens is 486 g/mol. The average molecular weight is 508 g/mol. The fourth-order valence-corrected chi connectivity index (χ4v) is 3.27. The number of nitrogens with zero attached hydrogens (tertiary/aromatic N) is 1. The molecule has 3 aromatic rings. The number of nitrogens with one attached hydrogen (secondary N) is 1. The maximum Gasteiger partial charge on any atom is 0.416 e. The Morgan fingerprint density at radius 2 is 1.50 bits per heavy atom. The van der Waals surface area contributed by atoms with E-state index in [1.54, 1.807) is 12.1 Å². The summed E-state index contributed by atoms with van der Waals surface area (Å²) in [7, 11) is 0. The lowest BCUT2D eigenvalue weighted by atomic mass is 9.86. The third-order valence-electron chi connectivity index (χ3n) is 4.97. The van der Waals surface area contributed by atoms with Crippen molar-refractivity contribution >= 4 is 17.7 Å². The molecule has 0 bridgehead atoms. The van der Waals surface area contributed by atoms with Gasteiger partial charge < -0.3 is 10.1 Å². The third kappa shape index (κ3) is 6.87. The average Bonchev–Trinajstić information content (AvgIpc) is 2.77. The number of carbonyl (C=O) groups excluding carboxylic acids is 1. The summed E-state index contributed by atoms with van der Waals surface area (Å²) in [6.45, 7) is 6.00. The number of para-hydroxylation sites is 1. The van der Waals surface area contributed by atoms with Crippen molar-refractivity contribution in [2.45, 2.75) is 38.5 Å². The topological polar surface area (TPSA) is 51.2 Å². The van der Waals surface area contributed by atoms with Crippen molar-refractivity contribution in [2.24, 2.45) is 0 Å². The standard InChI is InChI=1S/C26H22F6N2O2/c1-24(2,3)19-7-4-5-9-21(19)36-23-20(8-6-12-33-23)34-22(35)11-10-16-13-17(25(27,28)29)15-18(14-16)26(30,31)32/h4-15H,1-3H3,(H,34,35). The number of halogens is 6. The zero-order chi connectivity index (χ0) is 26.7. The summed E-state index contributed by atoms with van der Waals surface area (Å²) in [6.07, 6.45) is -6.84. The molecule has 10 heteroatoms. The van der Waals surface area contributed by atoms with E-state index < -0.39 is 35.0 Å². The van der Waals surface area contributed by atoms with E-state index in [1.807, 2.05) is 32.9 Å². The molecule has 0 spiro atoms. The lowest BCUT2D eigenvalue weighted by Gasteiger charge is -2.22. The van der Waals surface area contributed by atoms with Crippen LogP contribution in [0.3, 0.4) is 0 Å². The van der Waals surface area contributed by atoms with Crippen molar-refractivity contribution in [1.29, 1.82) is 0 Å². The third-order valence-corrected chi connectivity index (χ3v) is 4.97. The number of alkyl halides is 6. The molecule has 1 amide bonds. The summed E-state index contributed by atoms with van der Waals surface area (Å²) in [5, 5.41) is 2.49. The van der Waals surface area contributed by atoms with Crippen LogP contribution in [0.2, 0.25) is 0 Å². The number of hydrogen-bond donors (Lipinski definition) is 1. The van der Waals surface area contributed by atoms with Crippen LogP contribution in [0.25, 0.3) is 6.08 Å². The van der Waals surface area contributed by atoms with Gasteiger partial charge in [0.05, 0.1) is 11.1 Å². The van der Waals surface area contributed by atoms with E-state index in [-0.39, 0.29) is 23.0 Å². The Balaban J connectivity index is 1.85. The number of rotatable bonds is 5. The van der Waals surface area contributed by atoms with Gasteiger partial charge in [-0.05, 0) is 53.5 Å². The van der Waals surface area contributed by atoms with Gasteiger partial charge in [0, 0.05) is 17.8 Å². The number of aromatic nitrogens is 1. The van der Waals surface area contributed by atoms with Crippen molar-refractivity contribution in [3.63, 3.8) is 0 Å². The summed E-state index contributed by atoms with van der Waals surface area (Å²) in [5.74, 6) is -0.226. The molecule has 0 fully saturated rings. The number of carbonyl (C=O) groups is 1. The van der Waals surface area contributed by atoms with Gasteiger partial charge in [-0.3, -0.25) is 4.79 Å². The van der Waals surface area contributed by atoms with Crippen LogP contribution in [0.15, 0.2) is 66.9 Å². The minimum Gasteiger partial charge on any atom is -0.437 e. The Morgan fingerprint density at radius 1 is 0.889 bits per heavy atom. The fourth-order valence-electron chi connectivity index (χ4n) is 3.27. The molecule has 0 atom stereocenters. The highest BCUT2D eigenvalue weighted by Gasteiger charge is 2.36. The van der Waals surface area contributed by atoms with Gasteiger partial charge in [0.15, 0.2) is 0 Å². The highest BCUT2D eigenvalue weighted by Crippen LogP contribution is 2.37. The fraction of sp³-hybridized carbons (Fsp3) is 0.231. The second kappa shape index (κ2) is 10.0. The van der Waals surface area contributed by atoms with Crippen molar-refractivity contribution in [2.75, 3.05) is 5.32 Å². The zero-order valence-corrected chi connectivity index (χ0v) is 19.5. The first kappa shape index (κ1) is 26.8. The SMILES string of the molecule is CC(C)(C)c1ccccc1Oc1ncccc1NC(=O)C=Cc1cc(C(F)(F)F)cc(C(F)(F)F)c1. The molecule has 3 rings (SSSR count). The molecule has 2 aromatic carbocycles. The lowest BCUT2D eigenvalue weighted by molar-refractivity contribution is -0.143. The van der Waals surface area contributed by atoms with E-state index >= 15 is 0 Å². The van der Waals surface area contributed by atoms with Crippen LogP contribution in [0, 0.1) is 0 Å². The van der Waals surface area contributed by atoms with E-state index in [9.17, 15) is 31.1 Å². The molecule has 0 radical (unpaired) electrons. The number of pyridine rings is 1. The van der Waals surface area contributed by atoms with Gasteiger partial charge in [0.2, 0.25) is 11.8 Å². The molecule has 4 nitrogen and oxygen atoms in total. The molecule has 190 valence electrons. The number of benzene rings is 2. The molecule has 0 unspecified atom stereocenters. The van der Waals surface area contributed by atoms with E-state index in [2.05, 4.69) is 10.3 Å². The van der Waals surface area contributed by atoms with E-state index in [4.69, 9.17) is 4.74 Å². The molecule has 0 saturated heterocycles. The van der Waals surface area contributed by atoms with Crippen LogP contribution in [-0.4, -0.2) is 10.9 Å². The van der Waals surface area contributed by atoms with Gasteiger partial charge in [-0.2, -0.15) is 26.3 Å². The number of hydrogen-bond acceptors (Lipinski definition) is 3. The Morgan fingerprint density at radius 3 is 2.08 bits per heavy atom. The highest BCUT2D eigenvalue weighted by molar-refractivity contribution is 6.02. The molecule has 0 aliphatic carbocycles. The molecule has 0 saturated carbocycles. The predicted octanol–water partition coefficient (Wildman–Crippen LogP) is 7.86. The van der Waals surface area contributed by atoms with Crippen LogP contribution in [0.5, 0.6) is 11.6 Å². The summed E-state index contributed by atoms with van der Waals surface area (Å²) < 4.78 is 84.3. The summed E-state index contributed by atoms with van der Waals surface area (Å²) >= 11 is 0. The first-order valence-electron chi connectivity index (χ1n) is 10.7. The Bertz CT molecular complexity index is 1240. The van der Waals surface area contributed by atoms with Crippen LogP contribution in [0.4, 0.5) is 32.0 Å². The second-order valence-corrected chi connectivity index (χ2v) is 8.87. The largest absolute Gasteiger partial charge is 0.437 e.